The van der Waals surface area contributed by atoms with Gasteiger partial charge < -0.3 is 9.47 Å². The van der Waals surface area contributed by atoms with Crippen LogP contribution in [0.4, 0.5) is 0 Å². The van der Waals surface area contributed by atoms with E-state index in [4.69, 9.17) is 9.47 Å². The Morgan fingerprint density at radius 2 is 2.05 bits per heavy atom. The number of hydrogen-bond acceptors (Lipinski definition) is 5. The van der Waals surface area contributed by atoms with Gasteiger partial charge in [0.15, 0.2) is 15.6 Å². The normalized spacial score (nSPS) is 18.9. The second-order valence-corrected chi connectivity index (χ2v) is 6.72. The van der Waals surface area contributed by atoms with Gasteiger partial charge in [-0.25, -0.2) is 8.42 Å². The van der Waals surface area contributed by atoms with E-state index in [9.17, 15) is 13.2 Å². The number of hydrogen-bond donors (Lipinski definition) is 0. The first-order chi connectivity index (χ1) is 9.51. The Morgan fingerprint density at radius 1 is 1.35 bits per heavy atom. The van der Waals surface area contributed by atoms with Crippen LogP contribution >= 0.6 is 0 Å². The Balaban J connectivity index is 2.00. The third-order valence-electron chi connectivity index (χ3n) is 3.18. The SMILES string of the molecule is CCc1ccc(S(=O)(=O)CC(=O)OC2CCOC2)cc1. The molecule has 20 heavy (non-hydrogen) atoms. The molecule has 1 aliphatic heterocycles. The lowest BCUT2D eigenvalue weighted by atomic mass is 10.2. The minimum Gasteiger partial charge on any atom is -0.459 e. The van der Waals surface area contributed by atoms with Crippen LogP contribution in [-0.4, -0.2) is 39.5 Å². The molecule has 0 spiro atoms. The van der Waals surface area contributed by atoms with Crippen LogP contribution in [0.15, 0.2) is 29.2 Å². The van der Waals surface area contributed by atoms with Gasteiger partial charge in [0.1, 0.15) is 6.10 Å². The summed E-state index contributed by atoms with van der Waals surface area (Å²) >= 11 is 0. The van der Waals surface area contributed by atoms with Gasteiger partial charge in [0, 0.05) is 6.42 Å². The van der Waals surface area contributed by atoms with Gasteiger partial charge >= 0.3 is 5.97 Å². The standard InChI is InChI=1S/C14H18O5S/c1-2-11-3-5-13(6-4-11)20(16,17)10-14(15)19-12-7-8-18-9-12/h3-6,12H,2,7-10H2,1H3. The van der Waals surface area contributed by atoms with Crippen molar-refractivity contribution in [3.8, 4) is 0 Å². The summed E-state index contributed by atoms with van der Waals surface area (Å²) in [5.74, 6) is -1.35. The Kier molecular flexibility index (Phi) is 4.77. The van der Waals surface area contributed by atoms with Gasteiger partial charge in [-0.2, -0.15) is 0 Å². The zero-order valence-corrected chi connectivity index (χ0v) is 12.2. The molecule has 0 aliphatic carbocycles. The Morgan fingerprint density at radius 3 is 2.60 bits per heavy atom. The minimum atomic E-state index is -3.64. The van der Waals surface area contributed by atoms with Crippen LogP contribution in [0.2, 0.25) is 0 Å². The van der Waals surface area contributed by atoms with E-state index in [0.29, 0.717) is 19.6 Å². The number of ether oxygens (including phenoxy) is 2. The molecular weight excluding hydrogens is 280 g/mol. The molecule has 2 rings (SSSR count). The zero-order chi connectivity index (χ0) is 14.6. The summed E-state index contributed by atoms with van der Waals surface area (Å²) in [6.07, 6.45) is 1.14. The summed E-state index contributed by atoms with van der Waals surface area (Å²) in [6, 6.07) is 6.56. The first-order valence-electron chi connectivity index (χ1n) is 6.60. The Labute approximate surface area is 118 Å². The number of rotatable bonds is 5. The largest absolute Gasteiger partial charge is 0.459 e. The summed E-state index contributed by atoms with van der Waals surface area (Å²) in [6.45, 7) is 2.88. The lowest BCUT2D eigenvalue weighted by Gasteiger charge is -2.10. The molecule has 1 atom stereocenters. The minimum absolute atomic E-state index is 0.148. The lowest BCUT2D eigenvalue weighted by molar-refractivity contribution is -0.145. The van der Waals surface area contributed by atoms with Crippen LogP contribution < -0.4 is 0 Å². The summed E-state index contributed by atoms with van der Waals surface area (Å²) in [5.41, 5.74) is 1.05. The highest BCUT2D eigenvalue weighted by molar-refractivity contribution is 7.92. The van der Waals surface area contributed by atoms with Crippen molar-refractivity contribution in [2.75, 3.05) is 19.0 Å². The van der Waals surface area contributed by atoms with Crippen molar-refractivity contribution >= 4 is 15.8 Å². The molecule has 110 valence electrons. The maximum absolute atomic E-state index is 12.1. The van der Waals surface area contributed by atoms with Crippen LogP contribution in [0.1, 0.15) is 18.9 Å². The second kappa shape index (κ2) is 6.37. The summed E-state index contributed by atoms with van der Waals surface area (Å²) < 4.78 is 34.3. The van der Waals surface area contributed by atoms with Crippen molar-refractivity contribution in [3.05, 3.63) is 29.8 Å². The van der Waals surface area contributed by atoms with Crippen LogP contribution in [0.25, 0.3) is 0 Å². The third kappa shape index (κ3) is 3.80. The van der Waals surface area contributed by atoms with E-state index in [1.165, 1.54) is 12.1 Å². The molecule has 6 heteroatoms. The van der Waals surface area contributed by atoms with Crippen LogP contribution in [0.3, 0.4) is 0 Å². The number of carbonyl (C=O) groups is 1. The number of esters is 1. The molecular formula is C14H18O5S. The van der Waals surface area contributed by atoms with Gasteiger partial charge in [-0.05, 0) is 24.1 Å². The number of aryl methyl sites for hydroxylation is 1. The first-order valence-corrected chi connectivity index (χ1v) is 8.25. The van der Waals surface area contributed by atoms with Crippen molar-refractivity contribution in [2.24, 2.45) is 0 Å². The average Bonchev–Trinajstić information content (AvgIpc) is 2.91. The fourth-order valence-electron chi connectivity index (χ4n) is 2.00. The molecule has 1 aromatic rings. The van der Waals surface area contributed by atoms with E-state index in [0.717, 1.165) is 12.0 Å². The monoisotopic (exact) mass is 298 g/mol. The number of sulfone groups is 1. The number of carbonyl (C=O) groups excluding carboxylic acids is 1. The van der Waals surface area contributed by atoms with E-state index in [1.807, 2.05) is 6.92 Å². The number of benzene rings is 1. The fraction of sp³-hybridized carbons (Fsp3) is 0.500. The Bertz CT molecular complexity index is 556. The van der Waals surface area contributed by atoms with Gasteiger partial charge in [-0.3, -0.25) is 4.79 Å². The highest BCUT2D eigenvalue weighted by atomic mass is 32.2. The maximum atomic E-state index is 12.1. The molecule has 1 saturated heterocycles. The molecule has 0 amide bonds. The highest BCUT2D eigenvalue weighted by Crippen LogP contribution is 2.15. The summed E-state index contributed by atoms with van der Waals surface area (Å²) in [4.78, 5) is 11.8. The lowest BCUT2D eigenvalue weighted by Crippen LogP contribution is -2.24. The van der Waals surface area contributed by atoms with Gasteiger partial charge in [0.25, 0.3) is 0 Å². The molecule has 0 bridgehead atoms. The van der Waals surface area contributed by atoms with Gasteiger partial charge in [0.05, 0.1) is 18.1 Å². The van der Waals surface area contributed by atoms with Crippen LogP contribution in [0.5, 0.6) is 0 Å². The predicted octanol–water partition coefficient (Wildman–Crippen LogP) is 1.35. The van der Waals surface area contributed by atoms with Crippen molar-refractivity contribution in [2.45, 2.75) is 30.8 Å². The van der Waals surface area contributed by atoms with Gasteiger partial charge in [-0.1, -0.05) is 19.1 Å². The Hall–Kier alpha value is -1.40. The molecule has 1 aromatic carbocycles. The molecule has 0 saturated carbocycles. The molecule has 0 aromatic heterocycles. The predicted molar refractivity (Wildman–Crippen MR) is 73.2 cm³/mol. The average molecular weight is 298 g/mol. The van der Waals surface area contributed by atoms with Crippen LogP contribution in [-0.2, 0) is 30.5 Å². The molecule has 1 unspecified atom stereocenters. The zero-order valence-electron chi connectivity index (χ0n) is 11.4. The first kappa shape index (κ1) is 15.0. The third-order valence-corrected chi connectivity index (χ3v) is 4.79. The fourth-order valence-corrected chi connectivity index (χ4v) is 3.09. The van der Waals surface area contributed by atoms with E-state index in [1.54, 1.807) is 12.1 Å². The van der Waals surface area contributed by atoms with Crippen molar-refractivity contribution in [1.29, 1.82) is 0 Å². The highest BCUT2D eigenvalue weighted by Gasteiger charge is 2.25. The summed E-state index contributed by atoms with van der Waals surface area (Å²) in [7, 11) is -3.64. The molecule has 1 aliphatic rings. The van der Waals surface area contributed by atoms with Gasteiger partial charge in [0.2, 0.25) is 0 Å². The van der Waals surface area contributed by atoms with Crippen molar-refractivity contribution < 1.29 is 22.7 Å². The smallest absolute Gasteiger partial charge is 0.321 e. The molecule has 5 nitrogen and oxygen atoms in total. The molecule has 1 heterocycles. The quantitative estimate of drug-likeness (QED) is 0.768. The van der Waals surface area contributed by atoms with Crippen molar-refractivity contribution in [3.63, 3.8) is 0 Å². The summed E-state index contributed by atoms with van der Waals surface area (Å²) in [5, 5.41) is 0. The molecule has 1 fully saturated rings. The van der Waals surface area contributed by atoms with E-state index < -0.39 is 21.6 Å². The van der Waals surface area contributed by atoms with Crippen LogP contribution in [0, 0.1) is 0 Å². The van der Waals surface area contributed by atoms with Gasteiger partial charge in [-0.15, -0.1) is 0 Å². The molecule has 0 radical (unpaired) electrons. The van der Waals surface area contributed by atoms with Crippen molar-refractivity contribution in [1.82, 2.24) is 0 Å². The van der Waals surface area contributed by atoms with E-state index in [2.05, 4.69) is 0 Å². The molecule has 0 N–H and O–H groups in total. The maximum Gasteiger partial charge on any atom is 0.321 e. The second-order valence-electron chi connectivity index (χ2n) is 4.73. The topological polar surface area (TPSA) is 69.7 Å². The van der Waals surface area contributed by atoms with E-state index >= 15 is 0 Å². The van der Waals surface area contributed by atoms with E-state index in [-0.39, 0.29) is 11.0 Å².